The number of nitrogens with zero attached hydrogens (tertiary/aromatic N) is 3. The van der Waals surface area contributed by atoms with E-state index in [0.717, 1.165) is 11.1 Å². The first kappa shape index (κ1) is 23.5. The van der Waals surface area contributed by atoms with E-state index >= 15 is 0 Å². The van der Waals surface area contributed by atoms with E-state index < -0.39 is 5.60 Å². The minimum absolute atomic E-state index is 0.0810. The molecule has 1 N–H and O–H groups in total. The van der Waals surface area contributed by atoms with Gasteiger partial charge in [0.2, 0.25) is 5.95 Å². The summed E-state index contributed by atoms with van der Waals surface area (Å²) in [6, 6.07) is 19.7. The molecule has 2 aromatic carbocycles. The number of rotatable bonds is 5. The number of nitrogens with one attached hydrogen (secondary N) is 1. The van der Waals surface area contributed by atoms with Gasteiger partial charge < -0.3 is 15.0 Å². The van der Waals surface area contributed by atoms with E-state index in [0.29, 0.717) is 36.7 Å². The van der Waals surface area contributed by atoms with E-state index in [1.807, 2.05) is 88.4 Å². The molecule has 1 aromatic heterocycles. The Morgan fingerprint density at radius 3 is 2.18 bits per heavy atom. The minimum Gasteiger partial charge on any atom is -0.444 e. The van der Waals surface area contributed by atoms with Gasteiger partial charge in [0.15, 0.2) is 0 Å². The summed E-state index contributed by atoms with van der Waals surface area (Å²) in [6.45, 7) is 8.78. The highest BCUT2D eigenvalue weighted by atomic mass is 16.6. The number of anilines is 1. The lowest BCUT2D eigenvalue weighted by molar-refractivity contribution is 0.0220. The second-order valence-electron chi connectivity index (χ2n) is 9.44. The Hall–Kier alpha value is -3.61. The first-order valence-corrected chi connectivity index (χ1v) is 11.7. The molecule has 0 spiro atoms. The van der Waals surface area contributed by atoms with Crippen molar-refractivity contribution in [2.75, 3.05) is 18.4 Å². The molecule has 0 unspecified atom stereocenters. The van der Waals surface area contributed by atoms with Crippen LogP contribution in [-0.4, -0.2) is 39.2 Å². The predicted molar refractivity (Wildman–Crippen MR) is 133 cm³/mol. The number of aromatic nitrogens is 2. The molecule has 0 radical (unpaired) electrons. The standard InChI is InChI=1S/C27H32N4O3/c1-5-28-25-29-22-18-30(26(33)34-27(2,3)4)17-16-21(22)24(32)31(25)23(19-12-8-6-9-13-19)20-14-10-7-11-15-20/h6-15,23H,5,16-18H2,1-4H3,(H,28,29). The molecule has 4 rings (SSSR count). The average molecular weight is 461 g/mol. The molecule has 2 heterocycles. The smallest absolute Gasteiger partial charge is 0.410 e. The quantitative estimate of drug-likeness (QED) is 0.602. The molecule has 1 amide bonds. The van der Waals surface area contributed by atoms with E-state index in [-0.39, 0.29) is 24.2 Å². The van der Waals surface area contributed by atoms with Crippen LogP contribution >= 0.6 is 0 Å². The van der Waals surface area contributed by atoms with Crippen LogP contribution in [0.25, 0.3) is 0 Å². The normalized spacial score (nSPS) is 13.5. The minimum atomic E-state index is -0.582. The van der Waals surface area contributed by atoms with Crippen molar-refractivity contribution in [3.63, 3.8) is 0 Å². The van der Waals surface area contributed by atoms with Gasteiger partial charge in [-0.3, -0.25) is 9.36 Å². The van der Waals surface area contributed by atoms with Gasteiger partial charge in [0.05, 0.1) is 18.3 Å². The SMILES string of the molecule is CCNc1nc2c(c(=O)n1C(c1ccccc1)c1ccccc1)CCN(C(=O)OC(C)(C)C)C2. The Balaban J connectivity index is 1.81. The Morgan fingerprint density at radius 1 is 1.06 bits per heavy atom. The molecule has 7 heteroatoms. The van der Waals surface area contributed by atoms with Gasteiger partial charge in [-0.25, -0.2) is 9.78 Å². The highest BCUT2D eigenvalue weighted by Crippen LogP contribution is 2.29. The summed E-state index contributed by atoms with van der Waals surface area (Å²) in [4.78, 5) is 33.1. The van der Waals surface area contributed by atoms with Crippen molar-refractivity contribution < 1.29 is 9.53 Å². The van der Waals surface area contributed by atoms with Crippen molar-refractivity contribution in [2.24, 2.45) is 0 Å². The van der Waals surface area contributed by atoms with Crippen LogP contribution in [0.15, 0.2) is 65.5 Å². The molecule has 0 fully saturated rings. The summed E-state index contributed by atoms with van der Waals surface area (Å²) >= 11 is 0. The summed E-state index contributed by atoms with van der Waals surface area (Å²) in [5.74, 6) is 0.495. The van der Waals surface area contributed by atoms with Crippen LogP contribution in [0.4, 0.5) is 10.7 Å². The molecule has 34 heavy (non-hydrogen) atoms. The van der Waals surface area contributed by atoms with Crippen molar-refractivity contribution in [3.05, 3.63) is 93.4 Å². The number of carbonyl (C=O) groups is 1. The average Bonchev–Trinajstić information content (AvgIpc) is 2.81. The number of hydrogen-bond acceptors (Lipinski definition) is 5. The summed E-state index contributed by atoms with van der Waals surface area (Å²) in [7, 11) is 0. The molecule has 7 nitrogen and oxygen atoms in total. The van der Waals surface area contributed by atoms with Gasteiger partial charge in [-0.1, -0.05) is 60.7 Å². The third kappa shape index (κ3) is 4.98. The van der Waals surface area contributed by atoms with Crippen LogP contribution in [-0.2, 0) is 17.7 Å². The lowest BCUT2D eigenvalue weighted by Crippen LogP contribution is -2.43. The third-order valence-electron chi connectivity index (χ3n) is 5.74. The van der Waals surface area contributed by atoms with E-state index in [4.69, 9.17) is 9.72 Å². The second-order valence-corrected chi connectivity index (χ2v) is 9.44. The van der Waals surface area contributed by atoms with Crippen LogP contribution < -0.4 is 10.9 Å². The summed E-state index contributed by atoms with van der Waals surface area (Å²) < 4.78 is 7.30. The van der Waals surface area contributed by atoms with Gasteiger partial charge in [0, 0.05) is 18.7 Å². The number of fused-ring (bicyclic) bond motifs is 1. The molecule has 0 saturated carbocycles. The van der Waals surface area contributed by atoms with Crippen LogP contribution in [0.3, 0.4) is 0 Å². The van der Waals surface area contributed by atoms with Gasteiger partial charge in [0.1, 0.15) is 5.60 Å². The molecule has 0 bridgehead atoms. The first-order valence-electron chi connectivity index (χ1n) is 11.7. The predicted octanol–water partition coefficient (Wildman–Crippen LogP) is 4.61. The summed E-state index contributed by atoms with van der Waals surface area (Å²) in [5.41, 5.74) is 2.61. The largest absolute Gasteiger partial charge is 0.444 e. The Bertz CT molecular complexity index is 1160. The van der Waals surface area contributed by atoms with Gasteiger partial charge in [-0.05, 0) is 45.2 Å². The molecule has 1 aliphatic heterocycles. The third-order valence-corrected chi connectivity index (χ3v) is 5.74. The summed E-state index contributed by atoms with van der Waals surface area (Å²) in [5, 5.41) is 3.29. The zero-order valence-electron chi connectivity index (χ0n) is 20.2. The Kier molecular flexibility index (Phi) is 6.72. The lowest BCUT2D eigenvalue weighted by atomic mass is 9.97. The molecule has 3 aromatic rings. The topological polar surface area (TPSA) is 76.5 Å². The van der Waals surface area contributed by atoms with Gasteiger partial charge in [-0.15, -0.1) is 0 Å². The van der Waals surface area contributed by atoms with Crippen molar-refractivity contribution in [1.29, 1.82) is 0 Å². The summed E-state index contributed by atoms with van der Waals surface area (Å²) in [6.07, 6.45) is 0.0453. The molecule has 1 aliphatic rings. The maximum atomic E-state index is 14.0. The maximum Gasteiger partial charge on any atom is 0.410 e. The molecule has 0 saturated heterocycles. The molecule has 0 atom stereocenters. The zero-order valence-corrected chi connectivity index (χ0v) is 20.2. The highest BCUT2D eigenvalue weighted by molar-refractivity contribution is 5.68. The number of hydrogen-bond donors (Lipinski definition) is 1. The first-order chi connectivity index (χ1) is 16.3. The fraction of sp³-hybridized carbons (Fsp3) is 0.370. The number of amides is 1. The van der Waals surface area contributed by atoms with Crippen LogP contribution in [0.5, 0.6) is 0 Å². The number of carbonyl (C=O) groups excluding carboxylic acids is 1. The van der Waals surface area contributed by atoms with Crippen molar-refractivity contribution >= 4 is 12.0 Å². The highest BCUT2D eigenvalue weighted by Gasteiger charge is 2.31. The Labute approximate surface area is 200 Å². The fourth-order valence-electron chi connectivity index (χ4n) is 4.27. The van der Waals surface area contributed by atoms with Crippen molar-refractivity contribution in [3.8, 4) is 0 Å². The van der Waals surface area contributed by atoms with E-state index in [1.54, 1.807) is 9.47 Å². The van der Waals surface area contributed by atoms with E-state index in [2.05, 4.69) is 5.32 Å². The lowest BCUT2D eigenvalue weighted by Gasteiger charge is -2.32. The molecular weight excluding hydrogens is 428 g/mol. The molecular formula is C27H32N4O3. The fourth-order valence-corrected chi connectivity index (χ4v) is 4.27. The van der Waals surface area contributed by atoms with E-state index in [9.17, 15) is 9.59 Å². The van der Waals surface area contributed by atoms with Crippen molar-refractivity contribution in [2.45, 2.75) is 52.3 Å². The van der Waals surface area contributed by atoms with E-state index in [1.165, 1.54) is 0 Å². The van der Waals surface area contributed by atoms with Gasteiger partial charge >= 0.3 is 6.09 Å². The van der Waals surface area contributed by atoms with Crippen molar-refractivity contribution in [1.82, 2.24) is 14.5 Å². The van der Waals surface area contributed by atoms with Crippen LogP contribution in [0, 0.1) is 0 Å². The monoisotopic (exact) mass is 460 g/mol. The van der Waals surface area contributed by atoms with Crippen LogP contribution in [0.1, 0.15) is 56.1 Å². The zero-order chi connectivity index (χ0) is 24.3. The molecule has 0 aliphatic carbocycles. The maximum absolute atomic E-state index is 14.0. The van der Waals surface area contributed by atoms with Gasteiger partial charge in [0.25, 0.3) is 5.56 Å². The number of ether oxygens (including phenoxy) is 1. The Morgan fingerprint density at radius 2 is 1.65 bits per heavy atom. The molecule has 178 valence electrons. The van der Waals surface area contributed by atoms with Gasteiger partial charge in [-0.2, -0.15) is 0 Å². The number of benzene rings is 2. The second kappa shape index (κ2) is 9.71. The van der Waals surface area contributed by atoms with Crippen LogP contribution in [0.2, 0.25) is 0 Å².